The number of carbonyl (C=O) groups excluding carboxylic acids is 1. The smallest absolute Gasteiger partial charge is 0.253 e. The molecule has 4 heterocycles. The van der Waals surface area contributed by atoms with Gasteiger partial charge in [-0.05, 0) is 48.2 Å². The number of hydrogen-bond acceptors (Lipinski definition) is 9. The lowest BCUT2D eigenvalue weighted by Crippen LogP contribution is -2.46. The molecule has 210 valence electrons. The molecule has 3 aliphatic heterocycles. The number of amides is 1. The third-order valence-electron chi connectivity index (χ3n) is 7.51. The van der Waals surface area contributed by atoms with E-state index in [1.165, 1.54) is 5.56 Å². The molecule has 0 atom stereocenters. The number of carbonyl (C=O) groups is 1. The Morgan fingerprint density at radius 3 is 2.58 bits per heavy atom. The van der Waals surface area contributed by atoms with Crippen molar-refractivity contribution >= 4 is 23.5 Å². The van der Waals surface area contributed by atoms with Crippen molar-refractivity contribution in [2.45, 2.75) is 36.9 Å². The van der Waals surface area contributed by atoms with Crippen molar-refractivity contribution < 1.29 is 19.0 Å². The van der Waals surface area contributed by atoms with E-state index < -0.39 is 0 Å². The molecule has 2 fully saturated rings. The molecular formula is C30H35N5O4S. The van der Waals surface area contributed by atoms with Gasteiger partial charge in [-0.3, -0.25) is 9.69 Å². The maximum atomic E-state index is 12.8. The Morgan fingerprint density at radius 1 is 0.925 bits per heavy atom. The van der Waals surface area contributed by atoms with Crippen molar-refractivity contribution in [3.05, 3.63) is 70.9 Å². The molecule has 3 aliphatic rings. The van der Waals surface area contributed by atoms with Gasteiger partial charge in [-0.1, -0.05) is 30.0 Å². The van der Waals surface area contributed by atoms with Crippen LogP contribution in [0.1, 0.15) is 40.0 Å². The highest BCUT2D eigenvalue weighted by Crippen LogP contribution is 2.33. The second-order valence-corrected chi connectivity index (χ2v) is 11.3. The van der Waals surface area contributed by atoms with Crippen LogP contribution in [-0.2, 0) is 23.6 Å². The van der Waals surface area contributed by atoms with Crippen LogP contribution in [0.2, 0.25) is 0 Å². The van der Waals surface area contributed by atoms with Crippen LogP contribution in [0, 0.1) is 0 Å². The van der Waals surface area contributed by atoms with E-state index in [2.05, 4.69) is 28.0 Å². The SMILES string of the molecule is COCc1cc(N2CCN(Cc3ccc4c(c3)OCO4)CC2)nc(SCc2cccc(C(=O)N3CCCC3)c2)n1. The third-order valence-corrected chi connectivity index (χ3v) is 8.43. The van der Waals surface area contributed by atoms with E-state index in [-0.39, 0.29) is 5.91 Å². The lowest BCUT2D eigenvalue weighted by atomic mass is 10.1. The minimum Gasteiger partial charge on any atom is -0.454 e. The number of thioether (sulfide) groups is 1. The van der Waals surface area contributed by atoms with Crippen LogP contribution in [0.15, 0.2) is 53.7 Å². The molecule has 0 unspecified atom stereocenters. The zero-order valence-corrected chi connectivity index (χ0v) is 23.7. The first-order chi connectivity index (χ1) is 19.6. The molecule has 40 heavy (non-hydrogen) atoms. The summed E-state index contributed by atoms with van der Waals surface area (Å²) >= 11 is 1.59. The van der Waals surface area contributed by atoms with Gasteiger partial charge in [0.1, 0.15) is 5.82 Å². The van der Waals surface area contributed by atoms with Gasteiger partial charge in [0.25, 0.3) is 5.91 Å². The third kappa shape index (κ3) is 6.35. The molecule has 0 spiro atoms. The summed E-state index contributed by atoms with van der Waals surface area (Å²) in [5.74, 6) is 3.41. The van der Waals surface area contributed by atoms with Crippen molar-refractivity contribution in [2.24, 2.45) is 0 Å². The molecule has 1 aromatic heterocycles. The first-order valence-corrected chi connectivity index (χ1v) is 14.9. The van der Waals surface area contributed by atoms with Gasteiger partial charge in [-0.2, -0.15) is 0 Å². The van der Waals surface area contributed by atoms with Gasteiger partial charge in [-0.15, -0.1) is 0 Å². The van der Waals surface area contributed by atoms with Gasteiger partial charge in [0, 0.05) is 70.3 Å². The number of methoxy groups -OCH3 is 1. The summed E-state index contributed by atoms with van der Waals surface area (Å²) in [5.41, 5.74) is 3.95. The number of ether oxygens (including phenoxy) is 3. The van der Waals surface area contributed by atoms with Gasteiger partial charge in [0.05, 0.1) is 12.3 Å². The fourth-order valence-corrected chi connectivity index (χ4v) is 6.20. The number of hydrogen-bond donors (Lipinski definition) is 0. The van der Waals surface area contributed by atoms with Crippen molar-refractivity contribution in [1.29, 1.82) is 0 Å². The Balaban J connectivity index is 1.08. The summed E-state index contributed by atoms with van der Waals surface area (Å²) in [4.78, 5) is 29.2. The number of likely N-dealkylation sites (tertiary alicyclic amines) is 1. The average Bonchev–Trinajstić information content (AvgIpc) is 3.69. The van der Waals surface area contributed by atoms with E-state index in [4.69, 9.17) is 24.2 Å². The minimum absolute atomic E-state index is 0.127. The van der Waals surface area contributed by atoms with Gasteiger partial charge in [0.15, 0.2) is 16.7 Å². The number of aromatic nitrogens is 2. The van der Waals surface area contributed by atoms with E-state index >= 15 is 0 Å². The van der Waals surface area contributed by atoms with Crippen molar-refractivity contribution in [1.82, 2.24) is 19.8 Å². The van der Waals surface area contributed by atoms with Crippen LogP contribution in [-0.4, -0.2) is 78.8 Å². The highest BCUT2D eigenvalue weighted by atomic mass is 32.2. The summed E-state index contributed by atoms with van der Waals surface area (Å²) in [6.07, 6.45) is 2.18. The molecule has 0 radical (unpaired) electrons. The van der Waals surface area contributed by atoms with Crippen LogP contribution >= 0.6 is 11.8 Å². The first kappa shape index (κ1) is 26.9. The standard InChI is InChI=1S/C30H35N5O4S/c1-37-19-25-17-28(34-13-11-33(12-14-34)18-22-7-8-26-27(16-22)39-21-38-26)32-30(31-25)40-20-23-5-4-6-24(15-23)29(36)35-9-2-3-10-35/h4-8,15-17H,2-3,9-14,18-21H2,1H3. The van der Waals surface area contributed by atoms with Gasteiger partial charge in [-0.25, -0.2) is 9.97 Å². The molecule has 2 saturated heterocycles. The van der Waals surface area contributed by atoms with E-state index in [0.717, 1.165) is 97.9 Å². The Bertz CT molecular complexity index is 1340. The number of nitrogens with zero attached hydrogens (tertiary/aromatic N) is 5. The fraction of sp³-hybridized carbons (Fsp3) is 0.433. The van der Waals surface area contributed by atoms with Crippen LogP contribution in [0.3, 0.4) is 0 Å². The van der Waals surface area contributed by atoms with Crippen molar-refractivity contribution in [3.8, 4) is 11.5 Å². The Morgan fingerprint density at radius 2 is 1.75 bits per heavy atom. The lowest BCUT2D eigenvalue weighted by molar-refractivity contribution is 0.0792. The van der Waals surface area contributed by atoms with Crippen molar-refractivity contribution in [3.63, 3.8) is 0 Å². The maximum absolute atomic E-state index is 12.8. The quantitative estimate of drug-likeness (QED) is 0.282. The summed E-state index contributed by atoms with van der Waals surface area (Å²) in [5, 5.41) is 0.726. The number of rotatable bonds is 9. The fourth-order valence-electron chi connectivity index (χ4n) is 5.39. The van der Waals surface area contributed by atoms with E-state index in [0.29, 0.717) is 19.2 Å². The van der Waals surface area contributed by atoms with E-state index in [1.807, 2.05) is 35.2 Å². The van der Waals surface area contributed by atoms with E-state index in [1.54, 1.807) is 18.9 Å². The predicted octanol–water partition coefficient (Wildman–Crippen LogP) is 4.20. The van der Waals surface area contributed by atoms with Gasteiger partial charge in [0.2, 0.25) is 6.79 Å². The average molecular weight is 562 g/mol. The van der Waals surface area contributed by atoms with Gasteiger partial charge >= 0.3 is 0 Å². The Labute approximate surface area is 239 Å². The molecule has 0 saturated carbocycles. The lowest BCUT2D eigenvalue weighted by Gasteiger charge is -2.35. The highest BCUT2D eigenvalue weighted by Gasteiger charge is 2.22. The Kier molecular flexibility index (Phi) is 8.36. The van der Waals surface area contributed by atoms with Gasteiger partial charge < -0.3 is 24.0 Å². The molecule has 0 bridgehead atoms. The number of fused-ring (bicyclic) bond motifs is 1. The maximum Gasteiger partial charge on any atom is 0.253 e. The second kappa shape index (κ2) is 12.4. The van der Waals surface area contributed by atoms with E-state index in [9.17, 15) is 4.79 Å². The molecule has 6 rings (SSSR count). The monoisotopic (exact) mass is 561 g/mol. The molecular weight excluding hydrogens is 526 g/mol. The number of piperazine rings is 1. The zero-order chi connectivity index (χ0) is 27.3. The van der Waals surface area contributed by atoms with Crippen LogP contribution < -0.4 is 14.4 Å². The summed E-state index contributed by atoms with van der Waals surface area (Å²) < 4.78 is 16.4. The summed E-state index contributed by atoms with van der Waals surface area (Å²) in [7, 11) is 1.69. The largest absolute Gasteiger partial charge is 0.454 e. The molecule has 0 N–H and O–H groups in total. The number of anilines is 1. The summed E-state index contributed by atoms with van der Waals surface area (Å²) in [6.45, 7) is 6.98. The topological polar surface area (TPSA) is 80.3 Å². The van der Waals surface area contributed by atoms with Crippen LogP contribution in [0.25, 0.3) is 0 Å². The summed E-state index contributed by atoms with van der Waals surface area (Å²) in [6, 6.07) is 16.2. The van der Waals surface area contributed by atoms with Crippen LogP contribution in [0.4, 0.5) is 5.82 Å². The molecule has 0 aliphatic carbocycles. The number of benzene rings is 2. The molecule has 2 aromatic carbocycles. The first-order valence-electron chi connectivity index (χ1n) is 13.9. The Hall–Kier alpha value is -3.34. The van der Waals surface area contributed by atoms with Crippen LogP contribution in [0.5, 0.6) is 11.5 Å². The normalized spacial score (nSPS) is 17.0. The predicted molar refractivity (Wildman–Crippen MR) is 154 cm³/mol. The molecule has 9 nitrogen and oxygen atoms in total. The molecule has 3 aromatic rings. The van der Waals surface area contributed by atoms with Crippen molar-refractivity contribution in [2.75, 3.05) is 58.1 Å². The second-order valence-electron chi connectivity index (χ2n) is 10.4. The highest BCUT2D eigenvalue weighted by molar-refractivity contribution is 7.98. The zero-order valence-electron chi connectivity index (χ0n) is 22.9. The minimum atomic E-state index is 0.127. The molecule has 10 heteroatoms. The molecule has 1 amide bonds.